The Morgan fingerprint density at radius 2 is 1.64 bits per heavy atom. The molecule has 0 aliphatic heterocycles. The Bertz CT molecular complexity index is 75.6. The van der Waals surface area contributed by atoms with E-state index < -0.39 is 0 Å². The van der Waals surface area contributed by atoms with E-state index in [0.29, 0.717) is 6.04 Å². The smallest absolute Gasteiger partial charge is 0.0139 e. The molecule has 0 aromatic carbocycles. The Labute approximate surface area is 70.8 Å². The Balaban J connectivity index is 3.50. The molecular weight excluding hydrogens is 136 g/mol. The number of rotatable bonds is 6. The average molecular weight is 158 g/mol. The van der Waals surface area contributed by atoms with Crippen LogP contribution in [0.15, 0.2) is 0 Å². The molecule has 1 atom stereocenters. The Morgan fingerprint density at radius 1 is 1.18 bits per heavy atom. The normalized spacial score (nSPS) is 13.9. The van der Waals surface area contributed by atoms with Crippen LogP contribution in [0.25, 0.3) is 0 Å². The van der Waals surface area contributed by atoms with Crippen molar-refractivity contribution in [3.05, 3.63) is 0 Å². The molecule has 2 nitrogen and oxygen atoms in total. The van der Waals surface area contributed by atoms with Gasteiger partial charge in [-0.1, -0.05) is 13.8 Å². The average Bonchev–Trinajstić information content (AvgIpc) is 1.87. The van der Waals surface area contributed by atoms with Crippen LogP contribution in [0.3, 0.4) is 0 Å². The van der Waals surface area contributed by atoms with Crippen molar-refractivity contribution in [2.75, 3.05) is 19.6 Å². The van der Waals surface area contributed by atoms with E-state index in [1.807, 2.05) is 0 Å². The van der Waals surface area contributed by atoms with Crippen LogP contribution in [0.1, 0.15) is 33.6 Å². The van der Waals surface area contributed by atoms with E-state index in [2.05, 4.69) is 25.7 Å². The lowest BCUT2D eigenvalue weighted by Gasteiger charge is -2.22. The van der Waals surface area contributed by atoms with E-state index in [-0.39, 0.29) is 0 Å². The molecule has 68 valence electrons. The van der Waals surface area contributed by atoms with Crippen LogP contribution < -0.4 is 5.73 Å². The molecule has 0 rings (SSSR count). The van der Waals surface area contributed by atoms with Gasteiger partial charge in [-0.2, -0.15) is 0 Å². The molecule has 0 amide bonds. The minimum atomic E-state index is 0.313. The molecule has 11 heavy (non-hydrogen) atoms. The summed E-state index contributed by atoms with van der Waals surface area (Å²) < 4.78 is 0. The highest BCUT2D eigenvalue weighted by atomic mass is 15.1. The molecule has 0 radical (unpaired) electrons. The van der Waals surface area contributed by atoms with Crippen molar-refractivity contribution in [2.24, 2.45) is 5.73 Å². The molecule has 0 aliphatic rings. The first-order valence-corrected chi connectivity index (χ1v) is 4.68. The van der Waals surface area contributed by atoms with Crippen molar-refractivity contribution >= 4 is 0 Å². The zero-order valence-electron chi connectivity index (χ0n) is 8.14. The number of nitrogens with two attached hydrogens (primary N) is 1. The van der Waals surface area contributed by atoms with Gasteiger partial charge in [0.25, 0.3) is 0 Å². The summed E-state index contributed by atoms with van der Waals surface area (Å²) >= 11 is 0. The van der Waals surface area contributed by atoms with Gasteiger partial charge in [0.1, 0.15) is 0 Å². The highest BCUT2D eigenvalue weighted by Gasteiger charge is 2.03. The van der Waals surface area contributed by atoms with Crippen molar-refractivity contribution in [3.63, 3.8) is 0 Å². The second kappa shape index (κ2) is 6.62. The minimum absolute atomic E-state index is 0.313. The molecule has 0 aromatic rings. The minimum Gasteiger partial charge on any atom is -0.327 e. The summed E-state index contributed by atoms with van der Waals surface area (Å²) in [4.78, 5) is 2.44. The molecule has 0 bridgehead atoms. The molecule has 2 heteroatoms. The van der Waals surface area contributed by atoms with Gasteiger partial charge in [-0.25, -0.2) is 0 Å². The largest absolute Gasteiger partial charge is 0.327 e. The van der Waals surface area contributed by atoms with Crippen LogP contribution in [0.5, 0.6) is 0 Å². The lowest BCUT2D eigenvalue weighted by molar-refractivity contribution is 0.262. The third-order valence-corrected chi connectivity index (χ3v) is 1.63. The second-order valence-corrected chi connectivity index (χ2v) is 3.28. The predicted molar refractivity (Wildman–Crippen MR) is 50.7 cm³/mol. The molecule has 0 saturated heterocycles. The Morgan fingerprint density at radius 3 is 1.91 bits per heavy atom. The summed E-state index contributed by atoms with van der Waals surface area (Å²) in [6.07, 6.45) is 2.46. The lowest BCUT2D eigenvalue weighted by atomic mass is 10.3. The zero-order chi connectivity index (χ0) is 8.69. The van der Waals surface area contributed by atoms with Gasteiger partial charge in [0.2, 0.25) is 0 Å². The predicted octanol–water partition coefficient (Wildman–Crippen LogP) is 1.46. The summed E-state index contributed by atoms with van der Waals surface area (Å²) in [6.45, 7) is 9.92. The zero-order valence-corrected chi connectivity index (χ0v) is 8.14. The fourth-order valence-electron chi connectivity index (χ4n) is 1.33. The van der Waals surface area contributed by atoms with Gasteiger partial charge in [-0.15, -0.1) is 0 Å². The third-order valence-electron chi connectivity index (χ3n) is 1.63. The first-order chi connectivity index (χ1) is 5.20. The maximum atomic E-state index is 5.71. The fourth-order valence-corrected chi connectivity index (χ4v) is 1.33. The van der Waals surface area contributed by atoms with Crippen molar-refractivity contribution in [2.45, 2.75) is 39.7 Å². The number of hydrogen-bond acceptors (Lipinski definition) is 2. The van der Waals surface area contributed by atoms with Crippen LogP contribution in [0.4, 0.5) is 0 Å². The van der Waals surface area contributed by atoms with Gasteiger partial charge < -0.3 is 10.6 Å². The van der Waals surface area contributed by atoms with E-state index in [1.54, 1.807) is 0 Å². The molecule has 0 saturated carbocycles. The highest BCUT2D eigenvalue weighted by Crippen LogP contribution is 1.94. The van der Waals surface area contributed by atoms with Crippen molar-refractivity contribution in [1.29, 1.82) is 0 Å². The first kappa shape index (κ1) is 10.9. The van der Waals surface area contributed by atoms with Gasteiger partial charge >= 0.3 is 0 Å². The summed E-state index contributed by atoms with van der Waals surface area (Å²) in [5.41, 5.74) is 5.71. The Kier molecular flexibility index (Phi) is 6.57. The number of hydrogen-bond donors (Lipinski definition) is 1. The summed E-state index contributed by atoms with van der Waals surface area (Å²) in [7, 11) is 0. The van der Waals surface area contributed by atoms with Crippen LogP contribution in [0, 0.1) is 0 Å². The maximum absolute atomic E-state index is 5.71. The molecule has 1 unspecified atom stereocenters. The van der Waals surface area contributed by atoms with Crippen LogP contribution in [-0.2, 0) is 0 Å². The van der Waals surface area contributed by atoms with E-state index in [0.717, 1.165) is 6.54 Å². The quantitative estimate of drug-likeness (QED) is 0.634. The molecule has 0 aromatic heterocycles. The van der Waals surface area contributed by atoms with Gasteiger partial charge in [0.15, 0.2) is 0 Å². The first-order valence-electron chi connectivity index (χ1n) is 4.68. The van der Waals surface area contributed by atoms with Crippen molar-refractivity contribution < 1.29 is 0 Å². The van der Waals surface area contributed by atoms with Gasteiger partial charge in [0.05, 0.1) is 0 Å². The summed E-state index contributed by atoms with van der Waals surface area (Å²) in [5, 5.41) is 0. The van der Waals surface area contributed by atoms with Crippen LogP contribution in [0.2, 0.25) is 0 Å². The van der Waals surface area contributed by atoms with Crippen LogP contribution in [-0.4, -0.2) is 30.6 Å². The molecular formula is C9H22N2. The van der Waals surface area contributed by atoms with Gasteiger partial charge in [-0.3, -0.25) is 0 Å². The molecule has 0 spiro atoms. The summed E-state index contributed by atoms with van der Waals surface area (Å²) in [5.74, 6) is 0. The molecule has 0 fully saturated rings. The van der Waals surface area contributed by atoms with E-state index in [1.165, 1.54) is 25.9 Å². The van der Waals surface area contributed by atoms with Crippen LogP contribution >= 0.6 is 0 Å². The SMILES string of the molecule is CCCN(CCC)CC(C)N. The van der Waals surface area contributed by atoms with E-state index in [4.69, 9.17) is 5.73 Å². The highest BCUT2D eigenvalue weighted by molar-refractivity contribution is 4.62. The molecule has 0 heterocycles. The Hall–Kier alpha value is -0.0800. The topological polar surface area (TPSA) is 29.3 Å². The molecule has 2 N–H and O–H groups in total. The standard InChI is InChI=1S/C9H22N2/c1-4-6-11(7-5-2)8-9(3)10/h9H,4-8,10H2,1-3H3. The maximum Gasteiger partial charge on any atom is 0.0139 e. The lowest BCUT2D eigenvalue weighted by Crippen LogP contribution is -2.36. The second-order valence-electron chi connectivity index (χ2n) is 3.28. The van der Waals surface area contributed by atoms with Crippen molar-refractivity contribution in [1.82, 2.24) is 4.90 Å². The van der Waals surface area contributed by atoms with E-state index >= 15 is 0 Å². The fraction of sp³-hybridized carbons (Fsp3) is 1.00. The van der Waals surface area contributed by atoms with Gasteiger partial charge in [0, 0.05) is 12.6 Å². The number of nitrogens with zero attached hydrogens (tertiary/aromatic N) is 1. The summed E-state index contributed by atoms with van der Waals surface area (Å²) in [6, 6.07) is 0.313. The molecule has 0 aliphatic carbocycles. The third kappa shape index (κ3) is 6.32. The van der Waals surface area contributed by atoms with Gasteiger partial charge in [-0.05, 0) is 32.9 Å². The van der Waals surface area contributed by atoms with E-state index in [9.17, 15) is 0 Å². The van der Waals surface area contributed by atoms with Crippen molar-refractivity contribution in [3.8, 4) is 0 Å². The monoisotopic (exact) mass is 158 g/mol.